The molecule has 7 heteroatoms. The van der Waals surface area contributed by atoms with E-state index in [4.69, 9.17) is 9.47 Å². The number of carbonyl (C=O) groups is 1. The van der Waals surface area contributed by atoms with E-state index < -0.39 is 12.0 Å². The molecule has 5 nitrogen and oxygen atoms in total. The van der Waals surface area contributed by atoms with Gasteiger partial charge in [-0.3, -0.25) is 10.1 Å². The molecule has 144 valence electrons. The number of halogens is 1. The number of benzene rings is 2. The molecule has 3 rings (SSSR count). The molecule has 1 saturated heterocycles. The summed E-state index contributed by atoms with van der Waals surface area (Å²) >= 11 is 5.16. The number of hydrogen-bond acceptors (Lipinski definition) is 5. The standard InChI is InChI=1S/C20H22BrNO4S/c1-3-25-17-9-14(19-22-16(11-27-19)20(23)24)8-15(21)18(17)26-10-13-6-4-12(2)5-7-13/h4-9,16,19,22H,3,10-11H2,1-2H3,(H,23,24)/t16-,19+/m1/s1. The summed E-state index contributed by atoms with van der Waals surface area (Å²) in [7, 11) is 0. The monoisotopic (exact) mass is 451 g/mol. The minimum Gasteiger partial charge on any atom is -0.490 e. The SMILES string of the molecule is CCOc1cc([C@H]2N[C@@H](C(=O)O)CS2)cc(Br)c1OCc1ccc(C)cc1. The van der Waals surface area contributed by atoms with Gasteiger partial charge in [0.1, 0.15) is 12.6 Å². The fourth-order valence-corrected chi connectivity index (χ4v) is 4.58. The Bertz CT molecular complexity index is 812. The molecule has 0 aromatic heterocycles. The van der Waals surface area contributed by atoms with Crippen LogP contribution in [0.1, 0.15) is 29.0 Å². The van der Waals surface area contributed by atoms with Crippen LogP contribution in [0.5, 0.6) is 11.5 Å². The predicted octanol–water partition coefficient (Wildman–Crippen LogP) is 4.52. The molecule has 0 radical (unpaired) electrons. The Hall–Kier alpha value is -1.70. The van der Waals surface area contributed by atoms with Crippen LogP contribution in [0.3, 0.4) is 0 Å². The van der Waals surface area contributed by atoms with Crippen molar-refractivity contribution >= 4 is 33.7 Å². The minimum atomic E-state index is -0.827. The first-order valence-electron chi connectivity index (χ1n) is 8.73. The van der Waals surface area contributed by atoms with Gasteiger partial charge in [-0.25, -0.2) is 0 Å². The van der Waals surface area contributed by atoms with Crippen LogP contribution in [0.15, 0.2) is 40.9 Å². The third-order valence-corrected chi connectivity index (χ3v) is 6.07. The number of rotatable bonds is 7. The topological polar surface area (TPSA) is 67.8 Å². The largest absolute Gasteiger partial charge is 0.490 e. The summed E-state index contributed by atoms with van der Waals surface area (Å²) in [4.78, 5) is 11.2. The van der Waals surface area contributed by atoms with Gasteiger partial charge in [0.05, 0.1) is 16.5 Å². The summed E-state index contributed by atoms with van der Waals surface area (Å²) in [6, 6.07) is 11.6. The molecule has 2 atom stereocenters. The summed E-state index contributed by atoms with van der Waals surface area (Å²) in [6.07, 6.45) is 0. The number of nitrogens with one attached hydrogen (secondary N) is 1. The van der Waals surface area contributed by atoms with Crippen LogP contribution >= 0.6 is 27.7 Å². The van der Waals surface area contributed by atoms with E-state index in [1.807, 2.05) is 31.2 Å². The van der Waals surface area contributed by atoms with Gasteiger partial charge in [-0.05, 0) is 53.0 Å². The molecule has 2 aromatic carbocycles. The summed E-state index contributed by atoms with van der Waals surface area (Å²) in [6.45, 7) is 4.93. The smallest absolute Gasteiger partial charge is 0.321 e. The van der Waals surface area contributed by atoms with Gasteiger partial charge in [-0.2, -0.15) is 0 Å². The quantitative estimate of drug-likeness (QED) is 0.644. The molecule has 0 spiro atoms. The maximum absolute atomic E-state index is 11.2. The third kappa shape index (κ3) is 4.97. The lowest BCUT2D eigenvalue weighted by atomic mass is 10.1. The van der Waals surface area contributed by atoms with Crippen molar-refractivity contribution in [2.75, 3.05) is 12.4 Å². The molecular formula is C20H22BrNO4S. The average molecular weight is 452 g/mol. The molecule has 1 aliphatic heterocycles. The Morgan fingerprint density at radius 3 is 2.67 bits per heavy atom. The molecule has 0 aliphatic carbocycles. The molecule has 1 aliphatic rings. The van der Waals surface area contributed by atoms with Crippen molar-refractivity contribution in [3.63, 3.8) is 0 Å². The van der Waals surface area contributed by atoms with E-state index >= 15 is 0 Å². The fraction of sp³-hybridized carbons (Fsp3) is 0.350. The van der Waals surface area contributed by atoms with E-state index in [0.717, 1.165) is 15.6 Å². The molecule has 2 N–H and O–H groups in total. The van der Waals surface area contributed by atoms with E-state index in [9.17, 15) is 9.90 Å². The van der Waals surface area contributed by atoms with E-state index in [-0.39, 0.29) is 5.37 Å². The highest BCUT2D eigenvalue weighted by Gasteiger charge is 2.31. The number of hydrogen-bond donors (Lipinski definition) is 2. The van der Waals surface area contributed by atoms with E-state index in [0.29, 0.717) is 30.5 Å². The van der Waals surface area contributed by atoms with Gasteiger partial charge >= 0.3 is 5.97 Å². The van der Waals surface area contributed by atoms with Crippen molar-refractivity contribution in [2.45, 2.75) is 31.9 Å². The summed E-state index contributed by atoms with van der Waals surface area (Å²) in [5.41, 5.74) is 3.25. The zero-order valence-electron chi connectivity index (χ0n) is 15.2. The van der Waals surface area contributed by atoms with E-state index in [1.165, 1.54) is 5.56 Å². The van der Waals surface area contributed by atoms with Crippen molar-refractivity contribution < 1.29 is 19.4 Å². The molecule has 0 unspecified atom stereocenters. The number of aliphatic carboxylic acids is 1. The minimum absolute atomic E-state index is 0.0900. The van der Waals surface area contributed by atoms with Crippen molar-refractivity contribution in [3.05, 3.63) is 57.6 Å². The van der Waals surface area contributed by atoms with Gasteiger partial charge in [0.2, 0.25) is 0 Å². The van der Waals surface area contributed by atoms with Crippen LogP contribution in [-0.4, -0.2) is 29.5 Å². The Balaban J connectivity index is 1.79. The van der Waals surface area contributed by atoms with Crippen LogP contribution in [0, 0.1) is 6.92 Å². The Morgan fingerprint density at radius 1 is 1.30 bits per heavy atom. The second-order valence-corrected chi connectivity index (χ2v) is 8.30. The first-order valence-corrected chi connectivity index (χ1v) is 10.6. The van der Waals surface area contributed by atoms with E-state index in [1.54, 1.807) is 11.8 Å². The predicted molar refractivity (Wildman–Crippen MR) is 111 cm³/mol. The van der Waals surface area contributed by atoms with Crippen molar-refractivity contribution in [1.29, 1.82) is 0 Å². The maximum Gasteiger partial charge on any atom is 0.321 e. The van der Waals surface area contributed by atoms with Gasteiger partial charge in [0.25, 0.3) is 0 Å². The van der Waals surface area contributed by atoms with Crippen molar-refractivity contribution in [1.82, 2.24) is 5.32 Å². The highest BCUT2D eigenvalue weighted by atomic mass is 79.9. The molecule has 0 bridgehead atoms. The van der Waals surface area contributed by atoms with Gasteiger partial charge in [-0.1, -0.05) is 29.8 Å². The van der Waals surface area contributed by atoms with Crippen LogP contribution in [0.25, 0.3) is 0 Å². The van der Waals surface area contributed by atoms with Crippen molar-refractivity contribution in [2.24, 2.45) is 0 Å². The number of thioether (sulfide) groups is 1. The first kappa shape index (κ1) is 20.0. The summed E-state index contributed by atoms with van der Waals surface area (Å²) in [5.74, 6) is 1.01. The zero-order chi connectivity index (χ0) is 19.4. The summed E-state index contributed by atoms with van der Waals surface area (Å²) in [5, 5.41) is 12.2. The van der Waals surface area contributed by atoms with Crippen LogP contribution < -0.4 is 14.8 Å². The normalized spacial score (nSPS) is 19.1. The summed E-state index contributed by atoms with van der Waals surface area (Å²) < 4.78 is 12.6. The maximum atomic E-state index is 11.2. The molecular weight excluding hydrogens is 430 g/mol. The Labute approximate surface area is 171 Å². The molecule has 1 heterocycles. The van der Waals surface area contributed by atoms with E-state index in [2.05, 4.69) is 40.3 Å². The zero-order valence-corrected chi connectivity index (χ0v) is 17.6. The highest BCUT2D eigenvalue weighted by molar-refractivity contribution is 9.10. The number of ether oxygens (including phenoxy) is 2. The first-order chi connectivity index (χ1) is 13.0. The van der Waals surface area contributed by atoms with Crippen LogP contribution in [0.4, 0.5) is 0 Å². The third-order valence-electron chi connectivity index (χ3n) is 4.22. The van der Waals surface area contributed by atoms with Crippen molar-refractivity contribution in [3.8, 4) is 11.5 Å². The lowest BCUT2D eigenvalue weighted by Gasteiger charge is -2.18. The molecule has 1 fully saturated rings. The Kier molecular flexibility index (Phi) is 6.68. The second kappa shape index (κ2) is 8.99. The van der Waals surface area contributed by atoms with Crippen LogP contribution in [0.2, 0.25) is 0 Å². The fourth-order valence-electron chi connectivity index (χ4n) is 2.79. The molecule has 0 saturated carbocycles. The highest BCUT2D eigenvalue weighted by Crippen LogP contribution is 2.42. The molecule has 2 aromatic rings. The molecule has 27 heavy (non-hydrogen) atoms. The molecule has 0 amide bonds. The van der Waals surface area contributed by atoms with Gasteiger partial charge in [0, 0.05) is 5.75 Å². The second-order valence-electron chi connectivity index (χ2n) is 6.31. The van der Waals surface area contributed by atoms with Gasteiger partial charge in [0.15, 0.2) is 11.5 Å². The lowest BCUT2D eigenvalue weighted by Crippen LogP contribution is -2.33. The average Bonchev–Trinajstić information content (AvgIpc) is 3.13. The number of carboxylic acid groups (broad SMARTS) is 1. The lowest BCUT2D eigenvalue weighted by molar-refractivity contribution is -0.138. The number of aryl methyl sites for hydroxylation is 1. The number of carboxylic acids is 1. The Morgan fingerprint density at radius 2 is 2.04 bits per heavy atom. The van der Waals surface area contributed by atoms with Gasteiger partial charge in [-0.15, -0.1) is 11.8 Å². The van der Waals surface area contributed by atoms with Gasteiger partial charge < -0.3 is 14.6 Å². The van der Waals surface area contributed by atoms with Crippen LogP contribution in [-0.2, 0) is 11.4 Å².